The van der Waals surface area contributed by atoms with Crippen LogP contribution in [0.4, 0.5) is 4.79 Å². The zero-order valence-electron chi connectivity index (χ0n) is 18.5. The lowest BCUT2D eigenvalue weighted by Crippen LogP contribution is -2.27. The van der Waals surface area contributed by atoms with E-state index in [9.17, 15) is 9.59 Å². The second-order valence-corrected chi connectivity index (χ2v) is 10.1. The van der Waals surface area contributed by atoms with E-state index in [0.717, 1.165) is 50.7 Å². The third-order valence-corrected chi connectivity index (χ3v) is 7.23. The molecule has 5 rings (SSSR count). The zero-order valence-corrected chi connectivity index (χ0v) is 20.8. The zero-order chi connectivity index (χ0) is 24.0. The average Bonchev–Trinajstić information content (AvgIpc) is 3.22. The number of benzene rings is 3. The Labute approximate surface area is 211 Å². The lowest BCUT2D eigenvalue weighted by Gasteiger charge is -2.13. The molecule has 1 aliphatic rings. The number of carbonyl (C=O) groups excluding carboxylic acids is 2. The van der Waals surface area contributed by atoms with Gasteiger partial charge in [0.05, 0.1) is 11.4 Å². The van der Waals surface area contributed by atoms with E-state index in [-0.39, 0.29) is 17.7 Å². The van der Waals surface area contributed by atoms with E-state index in [4.69, 9.17) is 23.2 Å². The predicted octanol–water partition coefficient (Wildman–Crippen LogP) is 7.79. The number of halogens is 2. The number of hydrogen-bond acceptors (Lipinski definition) is 3. The molecule has 1 saturated heterocycles. The first-order valence-corrected chi connectivity index (χ1v) is 12.3. The van der Waals surface area contributed by atoms with Crippen LogP contribution in [0, 0.1) is 13.8 Å². The molecule has 0 radical (unpaired) electrons. The van der Waals surface area contributed by atoms with Crippen molar-refractivity contribution in [1.29, 1.82) is 0 Å². The highest BCUT2D eigenvalue weighted by Crippen LogP contribution is 2.35. The number of amides is 2. The Bertz CT molecular complexity index is 1490. The molecule has 2 amide bonds. The third-order valence-electron chi connectivity index (χ3n) is 5.89. The van der Waals surface area contributed by atoms with Gasteiger partial charge in [0.2, 0.25) is 0 Å². The molecule has 4 aromatic rings. The summed E-state index contributed by atoms with van der Waals surface area (Å²) in [5, 5.41) is 3.03. The van der Waals surface area contributed by atoms with Crippen molar-refractivity contribution in [3.63, 3.8) is 0 Å². The molecule has 170 valence electrons. The van der Waals surface area contributed by atoms with Crippen LogP contribution in [0.1, 0.15) is 22.5 Å². The molecule has 1 aromatic heterocycles. The van der Waals surface area contributed by atoms with Gasteiger partial charge in [-0.25, -0.2) is 0 Å². The van der Waals surface area contributed by atoms with Gasteiger partial charge in [0.1, 0.15) is 0 Å². The molecule has 0 spiro atoms. The van der Waals surface area contributed by atoms with Gasteiger partial charge in [-0.1, -0.05) is 59.6 Å². The van der Waals surface area contributed by atoms with Crippen LogP contribution >= 0.6 is 35.0 Å². The standard InChI is InChI=1S/C27H20Cl2N2O2S/c1-16-9-21(17(2)31(16)24-13-22(28)12-23(29)14-24)11-25-26(32)30(27(33)34-25)15-18-7-8-19-5-3-4-6-20(19)10-18/h3-14H,15H2,1-2H3/b25-11-. The van der Waals surface area contributed by atoms with Crippen molar-refractivity contribution in [2.75, 3.05) is 0 Å². The van der Waals surface area contributed by atoms with Gasteiger partial charge in [-0.2, -0.15) is 0 Å². The molecule has 0 aliphatic carbocycles. The number of rotatable bonds is 4. The maximum Gasteiger partial charge on any atom is 0.293 e. The van der Waals surface area contributed by atoms with Crippen LogP contribution in [0.2, 0.25) is 10.0 Å². The quantitative estimate of drug-likeness (QED) is 0.265. The van der Waals surface area contributed by atoms with E-state index in [1.807, 2.05) is 79.1 Å². The Kier molecular flexibility index (Phi) is 6.02. The average molecular weight is 507 g/mol. The summed E-state index contributed by atoms with van der Waals surface area (Å²) in [6.45, 7) is 4.18. The fourth-order valence-corrected chi connectivity index (χ4v) is 5.64. The maximum absolute atomic E-state index is 13.1. The van der Waals surface area contributed by atoms with Crippen LogP contribution in [0.25, 0.3) is 22.5 Å². The number of nitrogens with zero attached hydrogens (tertiary/aromatic N) is 2. The van der Waals surface area contributed by atoms with Crippen molar-refractivity contribution < 1.29 is 9.59 Å². The van der Waals surface area contributed by atoms with Crippen molar-refractivity contribution in [2.24, 2.45) is 0 Å². The molecule has 1 aliphatic heterocycles. The molecule has 3 aromatic carbocycles. The Morgan fingerprint density at radius 2 is 1.59 bits per heavy atom. The number of carbonyl (C=O) groups is 2. The number of fused-ring (bicyclic) bond motifs is 1. The molecule has 0 atom stereocenters. The summed E-state index contributed by atoms with van der Waals surface area (Å²) < 4.78 is 2.03. The fraction of sp³-hybridized carbons (Fsp3) is 0.111. The van der Waals surface area contributed by atoms with Crippen molar-refractivity contribution in [3.8, 4) is 5.69 Å². The van der Waals surface area contributed by atoms with E-state index < -0.39 is 0 Å². The monoisotopic (exact) mass is 506 g/mol. The topological polar surface area (TPSA) is 42.3 Å². The molecule has 2 heterocycles. The lowest BCUT2D eigenvalue weighted by atomic mass is 10.1. The van der Waals surface area contributed by atoms with Crippen LogP contribution in [0.5, 0.6) is 0 Å². The highest BCUT2D eigenvalue weighted by atomic mass is 35.5. The highest BCUT2D eigenvalue weighted by molar-refractivity contribution is 8.18. The summed E-state index contributed by atoms with van der Waals surface area (Å²) in [5.41, 5.74) is 4.52. The number of aromatic nitrogens is 1. The number of thioether (sulfide) groups is 1. The van der Waals surface area contributed by atoms with E-state index in [1.54, 1.807) is 12.1 Å². The van der Waals surface area contributed by atoms with E-state index in [1.165, 1.54) is 4.90 Å². The van der Waals surface area contributed by atoms with Gasteiger partial charge in [0, 0.05) is 27.1 Å². The highest BCUT2D eigenvalue weighted by Gasteiger charge is 2.35. The van der Waals surface area contributed by atoms with Gasteiger partial charge in [-0.05, 0) is 83.9 Å². The van der Waals surface area contributed by atoms with Crippen LogP contribution in [-0.2, 0) is 11.3 Å². The fourth-order valence-electron chi connectivity index (χ4n) is 4.30. The van der Waals surface area contributed by atoms with Gasteiger partial charge in [-0.15, -0.1) is 0 Å². The van der Waals surface area contributed by atoms with Crippen LogP contribution in [0.15, 0.2) is 71.6 Å². The van der Waals surface area contributed by atoms with Crippen molar-refractivity contribution >= 4 is 63.0 Å². The Morgan fingerprint density at radius 1 is 0.882 bits per heavy atom. The molecule has 0 N–H and O–H groups in total. The maximum atomic E-state index is 13.1. The summed E-state index contributed by atoms with van der Waals surface area (Å²) >= 11 is 13.4. The van der Waals surface area contributed by atoms with Crippen molar-refractivity contribution in [2.45, 2.75) is 20.4 Å². The summed E-state index contributed by atoms with van der Waals surface area (Å²) in [4.78, 5) is 27.5. The number of imide groups is 1. The molecule has 34 heavy (non-hydrogen) atoms. The number of aryl methyl sites for hydroxylation is 1. The smallest absolute Gasteiger partial charge is 0.293 e. The van der Waals surface area contributed by atoms with Gasteiger partial charge in [0.15, 0.2) is 0 Å². The first kappa shape index (κ1) is 22.8. The summed E-state index contributed by atoms with van der Waals surface area (Å²) in [6.07, 6.45) is 1.79. The minimum Gasteiger partial charge on any atom is -0.318 e. The molecule has 4 nitrogen and oxygen atoms in total. The molecule has 0 bridgehead atoms. The van der Waals surface area contributed by atoms with Crippen molar-refractivity contribution in [3.05, 3.63) is 104 Å². The Morgan fingerprint density at radius 3 is 2.32 bits per heavy atom. The van der Waals surface area contributed by atoms with E-state index in [2.05, 4.69) is 0 Å². The molecular formula is C27H20Cl2N2O2S. The van der Waals surface area contributed by atoms with Gasteiger partial charge in [0.25, 0.3) is 11.1 Å². The summed E-state index contributed by atoms with van der Waals surface area (Å²) in [5.74, 6) is -0.279. The van der Waals surface area contributed by atoms with Gasteiger partial charge >= 0.3 is 0 Å². The van der Waals surface area contributed by atoms with Crippen LogP contribution < -0.4 is 0 Å². The molecule has 7 heteroatoms. The second kappa shape index (κ2) is 8.99. The van der Waals surface area contributed by atoms with Gasteiger partial charge in [-0.3, -0.25) is 14.5 Å². The summed E-state index contributed by atoms with van der Waals surface area (Å²) in [6, 6.07) is 21.4. The molecule has 0 unspecified atom stereocenters. The molecule has 0 saturated carbocycles. The van der Waals surface area contributed by atoms with Crippen molar-refractivity contribution in [1.82, 2.24) is 9.47 Å². The van der Waals surface area contributed by atoms with E-state index >= 15 is 0 Å². The third kappa shape index (κ3) is 4.27. The van der Waals surface area contributed by atoms with Crippen LogP contribution in [0.3, 0.4) is 0 Å². The van der Waals surface area contributed by atoms with Gasteiger partial charge < -0.3 is 4.57 Å². The summed E-state index contributed by atoms with van der Waals surface area (Å²) in [7, 11) is 0. The first-order valence-electron chi connectivity index (χ1n) is 10.7. The second-order valence-electron chi connectivity index (χ2n) is 8.24. The minimum atomic E-state index is -0.279. The first-order chi connectivity index (χ1) is 16.3. The van der Waals surface area contributed by atoms with E-state index in [0.29, 0.717) is 15.0 Å². The minimum absolute atomic E-state index is 0.243. The Balaban J connectivity index is 1.43. The normalized spacial score (nSPS) is 15.2. The lowest BCUT2D eigenvalue weighted by molar-refractivity contribution is -0.123. The predicted molar refractivity (Wildman–Crippen MR) is 141 cm³/mol. The largest absolute Gasteiger partial charge is 0.318 e. The Hall–Kier alpha value is -2.99. The number of hydrogen-bond donors (Lipinski definition) is 0. The molecule has 1 fully saturated rings. The molecular weight excluding hydrogens is 487 g/mol. The van der Waals surface area contributed by atoms with Crippen LogP contribution in [-0.4, -0.2) is 20.6 Å². The SMILES string of the molecule is Cc1cc(/C=C2\SC(=O)N(Cc3ccc4ccccc4c3)C2=O)c(C)n1-c1cc(Cl)cc(Cl)c1.